The lowest BCUT2D eigenvalue weighted by atomic mass is 10.1. The van der Waals surface area contributed by atoms with Gasteiger partial charge >= 0.3 is 0 Å². The van der Waals surface area contributed by atoms with Crippen LogP contribution in [0.2, 0.25) is 0 Å². The van der Waals surface area contributed by atoms with Crippen LogP contribution in [0.5, 0.6) is 5.75 Å². The van der Waals surface area contributed by atoms with Gasteiger partial charge in [0.05, 0.1) is 12.3 Å². The Morgan fingerprint density at radius 3 is 2.81 bits per heavy atom. The van der Waals surface area contributed by atoms with E-state index in [0.29, 0.717) is 34.9 Å². The number of nitrogens with one attached hydrogen (secondary N) is 1. The fourth-order valence-electron chi connectivity index (χ4n) is 1.96. The largest absolute Gasteiger partial charge is 0.492 e. The zero-order chi connectivity index (χ0) is 15.4. The van der Waals surface area contributed by atoms with Crippen molar-refractivity contribution in [2.24, 2.45) is 0 Å². The summed E-state index contributed by atoms with van der Waals surface area (Å²) in [5, 5.41) is 2.72. The summed E-state index contributed by atoms with van der Waals surface area (Å²) in [6, 6.07) is 9.11. The summed E-state index contributed by atoms with van der Waals surface area (Å²) < 4.78 is 18.6. The van der Waals surface area contributed by atoms with E-state index in [1.807, 2.05) is 0 Å². The third-order valence-electron chi connectivity index (χ3n) is 3.11. The SMILES string of the molecule is CCOc1cc(F)ccc1NC(=O)c1cccc(N)c1C. The van der Waals surface area contributed by atoms with Crippen molar-refractivity contribution in [1.29, 1.82) is 0 Å². The van der Waals surface area contributed by atoms with Crippen molar-refractivity contribution in [3.05, 3.63) is 53.3 Å². The molecule has 0 heterocycles. The molecule has 0 spiro atoms. The minimum atomic E-state index is -0.420. The van der Waals surface area contributed by atoms with Crippen LogP contribution < -0.4 is 15.8 Å². The van der Waals surface area contributed by atoms with Gasteiger partial charge in [-0.15, -0.1) is 0 Å². The Kier molecular flexibility index (Phi) is 4.42. The second-order valence-electron chi connectivity index (χ2n) is 4.55. The van der Waals surface area contributed by atoms with Crippen molar-refractivity contribution < 1.29 is 13.9 Å². The molecular weight excluding hydrogens is 271 g/mol. The van der Waals surface area contributed by atoms with Crippen molar-refractivity contribution in [2.75, 3.05) is 17.7 Å². The number of hydrogen-bond donors (Lipinski definition) is 2. The van der Waals surface area contributed by atoms with Gasteiger partial charge in [0.15, 0.2) is 0 Å². The first-order chi connectivity index (χ1) is 10.0. The van der Waals surface area contributed by atoms with Crippen molar-refractivity contribution in [3.63, 3.8) is 0 Å². The predicted octanol–water partition coefficient (Wildman–Crippen LogP) is 3.37. The molecule has 1 amide bonds. The van der Waals surface area contributed by atoms with Gasteiger partial charge in [0, 0.05) is 17.3 Å². The van der Waals surface area contributed by atoms with E-state index in [1.54, 1.807) is 32.0 Å². The van der Waals surface area contributed by atoms with Crippen molar-refractivity contribution in [1.82, 2.24) is 0 Å². The van der Waals surface area contributed by atoms with E-state index in [4.69, 9.17) is 10.5 Å². The second-order valence-corrected chi connectivity index (χ2v) is 4.55. The average Bonchev–Trinajstić information content (AvgIpc) is 2.45. The Balaban J connectivity index is 2.29. The van der Waals surface area contributed by atoms with Gasteiger partial charge in [-0.1, -0.05) is 6.07 Å². The smallest absolute Gasteiger partial charge is 0.256 e. The summed E-state index contributed by atoms with van der Waals surface area (Å²) in [5.41, 5.74) is 7.94. The lowest BCUT2D eigenvalue weighted by Gasteiger charge is -2.13. The molecule has 0 aliphatic rings. The lowest BCUT2D eigenvalue weighted by molar-refractivity contribution is 0.102. The summed E-state index contributed by atoms with van der Waals surface area (Å²) in [4.78, 5) is 12.3. The number of rotatable bonds is 4. The zero-order valence-corrected chi connectivity index (χ0v) is 11.9. The molecule has 0 aliphatic heterocycles. The number of benzene rings is 2. The molecule has 110 valence electrons. The fourth-order valence-corrected chi connectivity index (χ4v) is 1.96. The van der Waals surface area contributed by atoms with Gasteiger partial charge in [-0.25, -0.2) is 4.39 Å². The molecule has 5 heteroatoms. The summed E-state index contributed by atoms with van der Waals surface area (Å²) in [7, 11) is 0. The monoisotopic (exact) mass is 288 g/mol. The number of amides is 1. The van der Waals surface area contributed by atoms with E-state index in [2.05, 4.69) is 5.32 Å². The molecule has 0 unspecified atom stereocenters. The first-order valence-electron chi connectivity index (χ1n) is 6.61. The molecule has 2 rings (SSSR count). The van der Waals surface area contributed by atoms with Crippen LogP contribution in [0, 0.1) is 12.7 Å². The first kappa shape index (κ1) is 14.8. The molecule has 0 atom stereocenters. The van der Waals surface area contributed by atoms with E-state index < -0.39 is 5.82 Å². The first-order valence-corrected chi connectivity index (χ1v) is 6.61. The lowest BCUT2D eigenvalue weighted by Crippen LogP contribution is -2.15. The van der Waals surface area contributed by atoms with Crippen LogP contribution in [0.25, 0.3) is 0 Å². The molecule has 0 saturated carbocycles. The summed E-state index contributed by atoms with van der Waals surface area (Å²) >= 11 is 0. The highest BCUT2D eigenvalue weighted by atomic mass is 19.1. The predicted molar refractivity (Wildman–Crippen MR) is 81.1 cm³/mol. The maximum atomic E-state index is 13.2. The third-order valence-corrected chi connectivity index (χ3v) is 3.11. The molecule has 0 radical (unpaired) electrons. The minimum absolute atomic E-state index is 0.299. The fraction of sp³-hybridized carbons (Fsp3) is 0.188. The van der Waals surface area contributed by atoms with Crippen LogP contribution in [0.3, 0.4) is 0 Å². The molecule has 0 saturated heterocycles. The van der Waals surface area contributed by atoms with Crippen LogP contribution in [-0.2, 0) is 0 Å². The van der Waals surface area contributed by atoms with Crippen molar-refractivity contribution in [3.8, 4) is 5.75 Å². The second kappa shape index (κ2) is 6.26. The van der Waals surface area contributed by atoms with E-state index in [1.165, 1.54) is 18.2 Å². The standard InChI is InChI=1S/C16H17FN2O2/c1-3-21-15-9-11(17)7-8-14(15)19-16(20)12-5-4-6-13(18)10(12)2/h4-9H,3,18H2,1-2H3,(H,19,20). The Morgan fingerprint density at radius 2 is 2.10 bits per heavy atom. The van der Waals surface area contributed by atoms with Crippen LogP contribution >= 0.6 is 0 Å². The number of nitrogen functional groups attached to an aromatic ring is 1. The number of carbonyl (C=O) groups excluding carboxylic acids is 1. The average molecular weight is 288 g/mol. The number of hydrogen-bond acceptors (Lipinski definition) is 3. The number of carbonyl (C=O) groups is 1. The van der Waals surface area contributed by atoms with E-state index >= 15 is 0 Å². The molecule has 21 heavy (non-hydrogen) atoms. The molecule has 4 nitrogen and oxygen atoms in total. The Hall–Kier alpha value is -2.56. The van der Waals surface area contributed by atoms with Crippen LogP contribution in [0.15, 0.2) is 36.4 Å². The third kappa shape index (κ3) is 3.31. The van der Waals surface area contributed by atoms with Gasteiger partial charge in [0.1, 0.15) is 11.6 Å². The van der Waals surface area contributed by atoms with Crippen LogP contribution in [-0.4, -0.2) is 12.5 Å². The maximum absolute atomic E-state index is 13.2. The molecule has 0 fully saturated rings. The van der Waals surface area contributed by atoms with Crippen LogP contribution in [0.1, 0.15) is 22.8 Å². The van der Waals surface area contributed by atoms with Gasteiger partial charge in [-0.2, -0.15) is 0 Å². The molecule has 3 N–H and O–H groups in total. The van der Waals surface area contributed by atoms with E-state index in [9.17, 15) is 9.18 Å². The van der Waals surface area contributed by atoms with Gasteiger partial charge in [0.2, 0.25) is 0 Å². The highest BCUT2D eigenvalue weighted by Crippen LogP contribution is 2.26. The molecular formula is C16H17FN2O2. The Bertz CT molecular complexity index is 671. The van der Waals surface area contributed by atoms with Gasteiger partial charge in [-0.3, -0.25) is 4.79 Å². The highest BCUT2D eigenvalue weighted by molar-refractivity contribution is 6.06. The molecule has 0 aliphatic carbocycles. The number of nitrogens with two attached hydrogens (primary N) is 1. The minimum Gasteiger partial charge on any atom is -0.492 e. The van der Waals surface area contributed by atoms with E-state index in [-0.39, 0.29) is 5.91 Å². The van der Waals surface area contributed by atoms with Gasteiger partial charge in [0.25, 0.3) is 5.91 Å². The normalized spacial score (nSPS) is 10.2. The molecule has 0 bridgehead atoms. The van der Waals surface area contributed by atoms with Gasteiger partial charge < -0.3 is 15.8 Å². The Labute approximate surface area is 122 Å². The number of anilines is 2. The topological polar surface area (TPSA) is 64.3 Å². The van der Waals surface area contributed by atoms with Gasteiger partial charge in [-0.05, 0) is 43.7 Å². The van der Waals surface area contributed by atoms with Crippen molar-refractivity contribution >= 4 is 17.3 Å². The highest BCUT2D eigenvalue weighted by Gasteiger charge is 2.13. The summed E-state index contributed by atoms with van der Waals surface area (Å²) in [5.74, 6) is -0.434. The van der Waals surface area contributed by atoms with E-state index in [0.717, 1.165) is 0 Å². The maximum Gasteiger partial charge on any atom is 0.256 e. The quantitative estimate of drug-likeness (QED) is 0.848. The molecule has 0 aromatic heterocycles. The van der Waals surface area contributed by atoms with Crippen LogP contribution in [0.4, 0.5) is 15.8 Å². The Morgan fingerprint density at radius 1 is 1.33 bits per heavy atom. The number of halogens is 1. The zero-order valence-electron chi connectivity index (χ0n) is 11.9. The molecule has 2 aromatic carbocycles. The summed E-state index contributed by atoms with van der Waals surface area (Å²) in [6.45, 7) is 3.94. The molecule has 2 aromatic rings. The van der Waals surface area contributed by atoms with Crippen molar-refractivity contribution in [2.45, 2.75) is 13.8 Å². The number of ether oxygens (including phenoxy) is 1. The summed E-state index contributed by atoms with van der Waals surface area (Å²) in [6.07, 6.45) is 0.